The Morgan fingerprint density at radius 3 is 2.95 bits per heavy atom. The Balaban J connectivity index is 2.07. The van der Waals surface area contributed by atoms with E-state index in [0.717, 1.165) is 5.69 Å². The number of rotatable bonds is 3. The second-order valence-corrected chi connectivity index (χ2v) is 4.98. The van der Waals surface area contributed by atoms with Gasteiger partial charge in [-0.1, -0.05) is 22.0 Å². The van der Waals surface area contributed by atoms with Gasteiger partial charge in [-0.3, -0.25) is 9.78 Å². The Kier molecular flexibility index (Phi) is 4.47. The van der Waals surface area contributed by atoms with Gasteiger partial charge in [0.05, 0.1) is 17.5 Å². The van der Waals surface area contributed by atoms with Crippen molar-refractivity contribution in [2.75, 3.05) is 0 Å². The highest BCUT2D eigenvalue weighted by Gasteiger charge is 2.10. The second kappa shape index (κ2) is 6.29. The molecule has 0 aliphatic heterocycles. The highest BCUT2D eigenvalue weighted by molar-refractivity contribution is 9.10. The molecule has 1 amide bonds. The zero-order chi connectivity index (χ0) is 14.5. The molecule has 1 aromatic carbocycles. The van der Waals surface area contributed by atoms with Crippen LogP contribution in [-0.2, 0) is 0 Å². The number of pyridine rings is 1. The Hall–Kier alpha value is -2.21. The number of aromatic hydroxyl groups is 1. The van der Waals surface area contributed by atoms with Crippen LogP contribution in [0.3, 0.4) is 0 Å². The van der Waals surface area contributed by atoms with Crippen molar-refractivity contribution >= 4 is 28.1 Å². The molecule has 2 aromatic rings. The van der Waals surface area contributed by atoms with Crippen LogP contribution < -0.4 is 5.43 Å². The molecule has 0 aliphatic carbocycles. The van der Waals surface area contributed by atoms with Gasteiger partial charge in [0.15, 0.2) is 0 Å². The molecular weight excluding hydrogens is 322 g/mol. The summed E-state index contributed by atoms with van der Waals surface area (Å²) in [7, 11) is 0. The molecule has 0 fully saturated rings. The van der Waals surface area contributed by atoms with Crippen molar-refractivity contribution in [3.63, 3.8) is 0 Å². The summed E-state index contributed by atoms with van der Waals surface area (Å²) in [6.45, 7) is 1.87. The number of hydrogen-bond acceptors (Lipinski definition) is 4. The van der Waals surface area contributed by atoms with Crippen molar-refractivity contribution < 1.29 is 9.90 Å². The van der Waals surface area contributed by atoms with Crippen LogP contribution in [-0.4, -0.2) is 22.2 Å². The number of nitrogens with zero attached hydrogens (tertiary/aromatic N) is 2. The van der Waals surface area contributed by atoms with E-state index in [4.69, 9.17) is 0 Å². The lowest BCUT2D eigenvalue weighted by atomic mass is 10.2. The minimum Gasteiger partial charge on any atom is -0.507 e. The van der Waals surface area contributed by atoms with Gasteiger partial charge in [-0.05, 0) is 37.3 Å². The summed E-state index contributed by atoms with van der Waals surface area (Å²) < 4.78 is 0.699. The van der Waals surface area contributed by atoms with E-state index < -0.39 is 5.91 Å². The van der Waals surface area contributed by atoms with Crippen LogP contribution >= 0.6 is 15.9 Å². The van der Waals surface area contributed by atoms with Crippen molar-refractivity contribution in [3.8, 4) is 5.75 Å². The predicted octanol–water partition coefficient (Wildman–Crippen LogP) is 2.62. The van der Waals surface area contributed by atoms with Crippen molar-refractivity contribution in [2.45, 2.75) is 6.92 Å². The number of carbonyl (C=O) groups excluding carboxylic acids is 1. The summed E-state index contributed by atoms with van der Waals surface area (Å²) in [5.74, 6) is -0.595. The number of amides is 1. The Labute approximate surface area is 124 Å². The number of phenols is 1. The first kappa shape index (κ1) is 14.2. The first-order valence-electron chi connectivity index (χ1n) is 5.82. The zero-order valence-corrected chi connectivity index (χ0v) is 12.3. The molecule has 0 spiro atoms. The number of aryl methyl sites for hydroxylation is 1. The maximum absolute atomic E-state index is 11.8. The van der Waals surface area contributed by atoms with Gasteiger partial charge in [0.2, 0.25) is 0 Å². The summed E-state index contributed by atoms with van der Waals surface area (Å²) in [6.07, 6.45) is 1.44. The maximum atomic E-state index is 11.8. The van der Waals surface area contributed by atoms with Crippen LogP contribution in [0.4, 0.5) is 0 Å². The van der Waals surface area contributed by atoms with Gasteiger partial charge in [-0.15, -0.1) is 0 Å². The normalized spacial score (nSPS) is 10.7. The molecule has 0 saturated carbocycles. The van der Waals surface area contributed by atoms with Crippen LogP contribution in [0, 0.1) is 6.92 Å². The fourth-order valence-corrected chi connectivity index (χ4v) is 1.90. The number of halogens is 1. The molecule has 102 valence electrons. The molecule has 0 bridgehead atoms. The third-order valence-corrected chi connectivity index (χ3v) is 2.97. The maximum Gasteiger partial charge on any atom is 0.275 e. The zero-order valence-electron chi connectivity index (χ0n) is 10.7. The van der Waals surface area contributed by atoms with E-state index in [1.807, 2.05) is 19.1 Å². The van der Waals surface area contributed by atoms with Crippen molar-refractivity contribution in [3.05, 3.63) is 57.8 Å². The number of phenolic OH excluding ortho intramolecular Hbond substituents is 1. The largest absolute Gasteiger partial charge is 0.507 e. The molecule has 6 heteroatoms. The van der Waals surface area contributed by atoms with E-state index in [0.29, 0.717) is 10.2 Å². The fraction of sp³-hybridized carbons (Fsp3) is 0.0714. The lowest BCUT2D eigenvalue weighted by Gasteiger charge is -2.03. The molecule has 5 nitrogen and oxygen atoms in total. The molecule has 2 N–H and O–H groups in total. The summed E-state index contributed by atoms with van der Waals surface area (Å²) >= 11 is 3.24. The topological polar surface area (TPSA) is 74.6 Å². The monoisotopic (exact) mass is 333 g/mol. The smallest absolute Gasteiger partial charge is 0.275 e. The average molecular weight is 334 g/mol. The molecule has 0 atom stereocenters. The lowest BCUT2D eigenvalue weighted by molar-refractivity contribution is 0.0952. The van der Waals surface area contributed by atoms with Gasteiger partial charge in [0, 0.05) is 10.2 Å². The molecule has 0 aliphatic rings. The van der Waals surface area contributed by atoms with E-state index in [1.54, 1.807) is 12.1 Å². The molecule has 0 unspecified atom stereocenters. The number of nitrogens with one attached hydrogen (secondary N) is 1. The average Bonchev–Trinajstić information content (AvgIpc) is 2.41. The van der Waals surface area contributed by atoms with Gasteiger partial charge in [0.1, 0.15) is 5.75 Å². The van der Waals surface area contributed by atoms with E-state index in [2.05, 4.69) is 31.4 Å². The fourth-order valence-electron chi connectivity index (χ4n) is 1.54. The van der Waals surface area contributed by atoms with Gasteiger partial charge in [-0.2, -0.15) is 5.10 Å². The summed E-state index contributed by atoms with van der Waals surface area (Å²) in [5, 5.41) is 13.4. The Bertz CT molecular complexity index is 671. The second-order valence-electron chi connectivity index (χ2n) is 4.06. The van der Waals surface area contributed by atoms with E-state index in [1.165, 1.54) is 18.3 Å². The molecular formula is C14H12BrN3O2. The first-order valence-corrected chi connectivity index (χ1v) is 6.61. The van der Waals surface area contributed by atoms with Crippen molar-refractivity contribution in [2.24, 2.45) is 5.10 Å². The van der Waals surface area contributed by atoms with Crippen molar-refractivity contribution in [1.82, 2.24) is 10.4 Å². The number of carbonyl (C=O) groups is 1. The molecule has 1 heterocycles. The summed E-state index contributed by atoms with van der Waals surface area (Å²) in [4.78, 5) is 16.1. The molecule has 0 radical (unpaired) electrons. The van der Waals surface area contributed by atoms with Gasteiger partial charge < -0.3 is 5.11 Å². The Morgan fingerprint density at radius 1 is 1.40 bits per heavy atom. The van der Waals surface area contributed by atoms with Crippen LogP contribution in [0.1, 0.15) is 21.7 Å². The quantitative estimate of drug-likeness (QED) is 0.669. The van der Waals surface area contributed by atoms with Crippen LogP contribution in [0.25, 0.3) is 0 Å². The minimum atomic E-state index is -0.493. The van der Waals surface area contributed by atoms with Crippen LogP contribution in [0.15, 0.2) is 46.0 Å². The number of aromatic nitrogens is 1. The first-order chi connectivity index (χ1) is 9.56. The molecule has 2 rings (SSSR count). The third-order valence-electron chi connectivity index (χ3n) is 2.48. The molecule has 1 aromatic heterocycles. The van der Waals surface area contributed by atoms with E-state index in [9.17, 15) is 9.90 Å². The number of hydrazone groups is 1. The third kappa shape index (κ3) is 3.64. The van der Waals surface area contributed by atoms with Gasteiger partial charge in [0.25, 0.3) is 5.91 Å². The minimum absolute atomic E-state index is 0.102. The molecule has 20 heavy (non-hydrogen) atoms. The lowest BCUT2D eigenvalue weighted by Crippen LogP contribution is -2.17. The standard InChI is InChI=1S/C14H12BrN3O2/c1-9-3-2-4-11(17-9)8-16-18-14(20)12-7-10(15)5-6-13(12)19/h2-8,19H,1H3,(H,18,20). The number of hydrogen-bond donors (Lipinski definition) is 2. The summed E-state index contributed by atoms with van der Waals surface area (Å²) in [5.41, 5.74) is 4.00. The SMILES string of the molecule is Cc1cccc(C=NNC(=O)c2cc(Br)ccc2O)n1. The predicted molar refractivity (Wildman–Crippen MR) is 79.8 cm³/mol. The van der Waals surface area contributed by atoms with Gasteiger partial charge in [-0.25, -0.2) is 5.43 Å². The summed E-state index contributed by atoms with van der Waals surface area (Å²) in [6, 6.07) is 10.1. The molecule has 0 saturated heterocycles. The van der Waals surface area contributed by atoms with E-state index >= 15 is 0 Å². The van der Waals surface area contributed by atoms with Gasteiger partial charge >= 0.3 is 0 Å². The van der Waals surface area contributed by atoms with E-state index in [-0.39, 0.29) is 11.3 Å². The Morgan fingerprint density at radius 2 is 2.20 bits per heavy atom. The highest BCUT2D eigenvalue weighted by Crippen LogP contribution is 2.21. The van der Waals surface area contributed by atoms with Crippen molar-refractivity contribution in [1.29, 1.82) is 0 Å². The van der Waals surface area contributed by atoms with Crippen LogP contribution in [0.5, 0.6) is 5.75 Å². The highest BCUT2D eigenvalue weighted by atomic mass is 79.9. The van der Waals surface area contributed by atoms with Crippen LogP contribution in [0.2, 0.25) is 0 Å². The number of benzene rings is 1.